The standard InChI is InChI=1S/C7H14N2O/c1-3-8-7(10)9(2)6-4-5-6/h6H,3-5H2,1-2H3,(H,8,10). The molecule has 0 radical (unpaired) electrons. The molecule has 58 valence electrons. The molecule has 0 bridgehead atoms. The van der Waals surface area contributed by atoms with Crippen LogP contribution in [0.3, 0.4) is 0 Å². The average molecular weight is 142 g/mol. The van der Waals surface area contributed by atoms with E-state index >= 15 is 0 Å². The number of rotatable bonds is 2. The number of carbonyl (C=O) groups excluding carboxylic acids is 1. The van der Waals surface area contributed by atoms with Gasteiger partial charge in [-0.3, -0.25) is 0 Å². The number of hydrogen-bond acceptors (Lipinski definition) is 1. The Hall–Kier alpha value is -0.730. The van der Waals surface area contributed by atoms with Crippen LogP contribution < -0.4 is 5.32 Å². The van der Waals surface area contributed by atoms with Gasteiger partial charge < -0.3 is 10.2 Å². The summed E-state index contributed by atoms with van der Waals surface area (Å²) >= 11 is 0. The Morgan fingerprint density at radius 1 is 1.70 bits per heavy atom. The van der Waals surface area contributed by atoms with Crippen molar-refractivity contribution in [3.63, 3.8) is 0 Å². The second-order valence-corrected chi connectivity index (χ2v) is 2.68. The summed E-state index contributed by atoms with van der Waals surface area (Å²) in [6, 6.07) is 0.580. The Morgan fingerprint density at radius 3 is 2.70 bits per heavy atom. The minimum absolute atomic E-state index is 0.0602. The fourth-order valence-electron chi connectivity index (χ4n) is 0.904. The van der Waals surface area contributed by atoms with Crippen molar-refractivity contribution in [1.29, 1.82) is 0 Å². The van der Waals surface area contributed by atoms with Crippen molar-refractivity contribution in [3.05, 3.63) is 0 Å². The van der Waals surface area contributed by atoms with Crippen molar-refractivity contribution in [2.45, 2.75) is 25.8 Å². The molecule has 3 heteroatoms. The van der Waals surface area contributed by atoms with E-state index in [2.05, 4.69) is 5.32 Å². The third kappa shape index (κ3) is 1.62. The Kier molecular flexibility index (Phi) is 2.14. The molecule has 0 aromatic heterocycles. The van der Waals surface area contributed by atoms with Crippen molar-refractivity contribution in [3.8, 4) is 0 Å². The lowest BCUT2D eigenvalue weighted by atomic mass is 10.6. The Labute approximate surface area is 61.4 Å². The van der Waals surface area contributed by atoms with Gasteiger partial charge in [-0.1, -0.05) is 0 Å². The topological polar surface area (TPSA) is 32.3 Å². The van der Waals surface area contributed by atoms with Crippen molar-refractivity contribution in [1.82, 2.24) is 10.2 Å². The molecular weight excluding hydrogens is 128 g/mol. The summed E-state index contributed by atoms with van der Waals surface area (Å²) in [7, 11) is 1.85. The summed E-state index contributed by atoms with van der Waals surface area (Å²) in [6.45, 7) is 2.65. The molecule has 2 amide bonds. The summed E-state index contributed by atoms with van der Waals surface area (Å²) in [5.41, 5.74) is 0. The van der Waals surface area contributed by atoms with Gasteiger partial charge in [0.2, 0.25) is 0 Å². The van der Waals surface area contributed by atoms with E-state index in [1.54, 1.807) is 4.90 Å². The molecule has 1 aliphatic rings. The van der Waals surface area contributed by atoms with Crippen LogP contribution in [0, 0.1) is 0 Å². The van der Waals surface area contributed by atoms with Crippen LogP contribution >= 0.6 is 0 Å². The molecule has 1 aliphatic carbocycles. The number of nitrogens with one attached hydrogen (secondary N) is 1. The van der Waals surface area contributed by atoms with Crippen LogP contribution in [0.4, 0.5) is 4.79 Å². The average Bonchev–Trinajstić information content (AvgIpc) is 2.68. The predicted molar refractivity (Wildman–Crippen MR) is 39.9 cm³/mol. The van der Waals surface area contributed by atoms with Gasteiger partial charge in [-0.15, -0.1) is 0 Å². The summed E-state index contributed by atoms with van der Waals surface area (Å²) < 4.78 is 0. The first-order valence-electron chi connectivity index (χ1n) is 3.76. The van der Waals surface area contributed by atoms with Gasteiger partial charge in [-0.05, 0) is 19.8 Å². The fraction of sp³-hybridized carbons (Fsp3) is 0.857. The van der Waals surface area contributed by atoms with Gasteiger partial charge in [-0.2, -0.15) is 0 Å². The normalized spacial score (nSPS) is 16.6. The van der Waals surface area contributed by atoms with E-state index in [0.29, 0.717) is 6.04 Å². The Balaban J connectivity index is 2.24. The lowest BCUT2D eigenvalue weighted by Crippen LogP contribution is -2.38. The van der Waals surface area contributed by atoms with E-state index in [9.17, 15) is 4.79 Å². The molecule has 0 aromatic carbocycles. The third-order valence-electron chi connectivity index (χ3n) is 1.74. The van der Waals surface area contributed by atoms with Gasteiger partial charge >= 0.3 is 6.03 Å². The molecule has 0 aliphatic heterocycles. The fourth-order valence-corrected chi connectivity index (χ4v) is 0.904. The lowest BCUT2D eigenvalue weighted by Gasteiger charge is -2.15. The van der Waals surface area contributed by atoms with Crippen LogP contribution in [0.2, 0.25) is 0 Å². The zero-order chi connectivity index (χ0) is 7.56. The second kappa shape index (κ2) is 2.90. The van der Waals surface area contributed by atoms with E-state index in [1.807, 2.05) is 14.0 Å². The number of urea groups is 1. The SMILES string of the molecule is CCNC(=O)N(C)C1CC1. The predicted octanol–water partition coefficient (Wildman–Crippen LogP) is 0.810. The van der Waals surface area contributed by atoms with E-state index in [4.69, 9.17) is 0 Å². The maximum absolute atomic E-state index is 11.0. The number of carbonyl (C=O) groups is 1. The molecule has 0 unspecified atom stereocenters. The first-order valence-corrected chi connectivity index (χ1v) is 3.76. The first kappa shape index (κ1) is 7.38. The van der Waals surface area contributed by atoms with Gasteiger partial charge in [0.25, 0.3) is 0 Å². The molecule has 1 saturated carbocycles. The van der Waals surface area contributed by atoms with Gasteiger partial charge in [0.1, 0.15) is 0 Å². The van der Waals surface area contributed by atoms with Gasteiger partial charge in [0.05, 0.1) is 0 Å². The molecule has 1 rings (SSSR count). The molecule has 0 heterocycles. The number of amides is 2. The van der Waals surface area contributed by atoms with Crippen molar-refractivity contribution >= 4 is 6.03 Å². The highest BCUT2D eigenvalue weighted by atomic mass is 16.2. The molecule has 0 spiro atoms. The highest BCUT2D eigenvalue weighted by molar-refractivity contribution is 5.74. The number of hydrogen-bond donors (Lipinski definition) is 1. The highest BCUT2D eigenvalue weighted by Gasteiger charge is 2.28. The largest absolute Gasteiger partial charge is 0.338 e. The molecule has 0 atom stereocenters. The minimum Gasteiger partial charge on any atom is -0.338 e. The lowest BCUT2D eigenvalue weighted by molar-refractivity contribution is 0.207. The quantitative estimate of drug-likeness (QED) is 0.608. The van der Waals surface area contributed by atoms with E-state index in [0.717, 1.165) is 6.54 Å². The van der Waals surface area contributed by atoms with Gasteiger partial charge in [0, 0.05) is 19.6 Å². The van der Waals surface area contributed by atoms with Gasteiger partial charge in [0.15, 0.2) is 0 Å². The highest BCUT2D eigenvalue weighted by Crippen LogP contribution is 2.24. The zero-order valence-corrected chi connectivity index (χ0v) is 6.55. The summed E-state index contributed by atoms with van der Waals surface area (Å²) in [4.78, 5) is 12.8. The van der Waals surface area contributed by atoms with E-state index in [-0.39, 0.29) is 6.03 Å². The van der Waals surface area contributed by atoms with Crippen molar-refractivity contribution in [2.75, 3.05) is 13.6 Å². The zero-order valence-electron chi connectivity index (χ0n) is 6.55. The molecule has 1 N–H and O–H groups in total. The van der Waals surface area contributed by atoms with Gasteiger partial charge in [-0.25, -0.2) is 4.79 Å². The molecule has 3 nitrogen and oxygen atoms in total. The van der Waals surface area contributed by atoms with E-state index in [1.165, 1.54) is 12.8 Å². The van der Waals surface area contributed by atoms with Crippen molar-refractivity contribution < 1.29 is 4.79 Å². The monoisotopic (exact) mass is 142 g/mol. The third-order valence-corrected chi connectivity index (χ3v) is 1.74. The van der Waals surface area contributed by atoms with E-state index < -0.39 is 0 Å². The molecule has 0 aromatic rings. The van der Waals surface area contributed by atoms with Crippen LogP contribution in [0.15, 0.2) is 0 Å². The Morgan fingerprint density at radius 2 is 2.30 bits per heavy atom. The summed E-state index contributed by atoms with van der Waals surface area (Å²) in [6.07, 6.45) is 2.35. The van der Waals surface area contributed by atoms with Crippen LogP contribution in [-0.2, 0) is 0 Å². The second-order valence-electron chi connectivity index (χ2n) is 2.68. The first-order chi connectivity index (χ1) is 4.75. The Bertz CT molecular complexity index is 132. The molecule has 10 heavy (non-hydrogen) atoms. The maximum atomic E-state index is 11.0. The van der Waals surface area contributed by atoms with Crippen LogP contribution in [0.1, 0.15) is 19.8 Å². The summed E-state index contributed by atoms with van der Waals surface area (Å²) in [5, 5.41) is 2.75. The summed E-state index contributed by atoms with van der Waals surface area (Å²) in [5.74, 6) is 0. The van der Waals surface area contributed by atoms with Crippen molar-refractivity contribution in [2.24, 2.45) is 0 Å². The van der Waals surface area contributed by atoms with Crippen LogP contribution in [-0.4, -0.2) is 30.6 Å². The smallest absolute Gasteiger partial charge is 0.317 e. The molecular formula is C7H14N2O. The van der Waals surface area contributed by atoms with Crippen LogP contribution in [0.5, 0.6) is 0 Å². The molecule has 0 saturated heterocycles. The molecule has 1 fully saturated rings. The minimum atomic E-state index is 0.0602. The van der Waals surface area contributed by atoms with Crippen LogP contribution in [0.25, 0.3) is 0 Å². The number of nitrogens with zero attached hydrogens (tertiary/aromatic N) is 1. The maximum Gasteiger partial charge on any atom is 0.317 e.